The normalized spacial score (nSPS) is 10.3. The Hall–Kier alpha value is -2.34. The van der Waals surface area contributed by atoms with Crippen LogP contribution in [0.15, 0.2) is 48.9 Å². The second kappa shape index (κ2) is 4.25. The monoisotopic (exact) mass is 196 g/mol. The fourth-order valence-corrected chi connectivity index (χ4v) is 1.31. The fourth-order valence-electron chi connectivity index (χ4n) is 1.31. The van der Waals surface area contributed by atoms with E-state index in [1.165, 1.54) is 12.3 Å². The van der Waals surface area contributed by atoms with Crippen molar-refractivity contribution in [2.45, 2.75) is 0 Å². The van der Waals surface area contributed by atoms with Gasteiger partial charge in [-0.1, -0.05) is 18.2 Å². The molecule has 1 aromatic heterocycles. The van der Waals surface area contributed by atoms with Gasteiger partial charge in [-0.15, -0.1) is 0 Å². The summed E-state index contributed by atoms with van der Waals surface area (Å²) in [5.74, 6) is 0.652. The van der Waals surface area contributed by atoms with Crippen molar-refractivity contribution >= 4 is 10.9 Å². The molecule has 2 aromatic rings. The van der Waals surface area contributed by atoms with Crippen molar-refractivity contribution in [1.29, 1.82) is 5.26 Å². The zero-order valence-corrected chi connectivity index (χ0v) is 7.92. The van der Waals surface area contributed by atoms with E-state index in [1.807, 2.05) is 36.4 Å². The first-order chi connectivity index (χ1) is 7.42. The summed E-state index contributed by atoms with van der Waals surface area (Å²) in [6.07, 6.45) is 4.34. The molecule has 3 heteroatoms. The fraction of sp³-hybridized carbons (Fsp3) is 0. The highest BCUT2D eigenvalue weighted by Crippen LogP contribution is 2.22. The highest BCUT2D eigenvalue weighted by Gasteiger charge is 2.00. The van der Waals surface area contributed by atoms with Crippen LogP contribution < -0.4 is 4.74 Å². The zero-order chi connectivity index (χ0) is 10.5. The largest absolute Gasteiger partial charge is 0.462 e. The average molecular weight is 196 g/mol. The highest BCUT2D eigenvalue weighted by molar-refractivity contribution is 5.84. The Morgan fingerprint density at radius 1 is 1.27 bits per heavy atom. The maximum atomic E-state index is 8.33. The van der Waals surface area contributed by atoms with E-state index >= 15 is 0 Å². The molecule has 0 bridgehead atoms. The second-order valence-corrected chi connectivity index (χ2v) is 2.88. The number of benzene rings is 1. The molecule has 0 saturated heterocycles. The SMILES string of the molecule is N#C/C=C\Oc1cccc2cccnc12. The van der Waals surface area contributed by atoms with Gasteiger partial charge in [0.05, 0.1) is 12.1 Å². The number of fused-ring (bicyclic) bond motifs is 1. The number of ether oxygens (including phenoxy) is 1. The van der Waals surface area contributed by atoms with Crippen LogP contribution in [0.3, 0.4) is 0 Å². The van der Waals surface area contributed by atoms with Gasteiger partial charge in [0, 0.05) is 11.6 Å². The number of nitrogens with zero attached hydrogens (tertiary/aromatic N) is 2. The van der Waals surface area contributed by atoms with Gasteiger partial charge in [-0.2, -0.15) is 5.26 Å². The molecule has 1 heterocycles. The Morgan fingerprint density at radius 2 is 2.13 bits per heavy atom. The number of nitriles is 1. The van der Waals surface area contributed by atoms with Gasteiger partial charge in [0.15, 0.2) is 5.75 Å². The van der Waals surface area contributed by atoms with Crippen molar-refractivity contribution in [2.75, 3.05) is 0 Å². The molecular formula is C12H8N2O. The summed E-state index contributed by atoms with van der Waals surface area (Å²) in [7, 11) is 0. The molecule has 72 valence electrons. The first kappa shape index (κ1) is 9.22. The third-order valence-corrected chi connectivity index (χ3v) is 1.93. The number of hydrogen-bond acceptors (Lipinski definition) is 3. The molecule has 0 fully saturated rings. The standard InChI is InChI=1S/C12H8N2O/c13-7-3-9-15-11-6-1-4-10-5-2-8-14-12(10)11/h1-6,8-9H/b9-3-. The van der Waals surface area contributed by atoms with E-state index in [1.54, 1.807) is 6.20 Å². The minimum atomic E-state index is 0.652. The van der Waals surface area contributed by atoms with Gasteiger partial charge < -0.3 is 4.74 Å². The zero-order valence-electron chi connectivity index (χ0n) is 7.92. The third kappa shape index (κ3) is 1.94. The Balaban J connectivity index is 2.43. The minimum absolute atomic E-state index is 0.652. The van der Waals surface area contributed by atoms with Crippen molar-refractivity contribution in [3.63, 3.8) is 0 Å². The molecule has 3 nitrogen and oxygen atoms in total. The van der Waals surface area contributed by atoms with Crippen molar-refractivity contribution in [3.8, 4) is 11.8 Å². The van der Waals surface area contributed by atoms with Crippen LogP contribution in [0, 0.1) is 11.3 Å². The van der Waals surface area contributed by atoms with Gasteiger partial charge in [0.2, 0.25) is 0 Å². The van der Waals surface area contributed by atoms with Gasteiger partial charge in [-0.25, -0.2) is 0 Å². The predicted octanol–water partition coefficient (Wildman–Crippen LogP) is 2.65. The molecule has 0 saturated carbocycles. The smallest absolute Gasteiger partial charge is 0.152 e. The van der Waals surface area contributed by atoms with Gasteiger partial charge >= 0.3 is 0 Å². The first-order valence-electron chi connectivity index (χ1n) is 4.47. The molecule has 0 N–H and O–H groups in total. The Morgan fingerprint density at radius 3 is 3.00 bits per heavy atom. The van der Waals surface area contributed by atoms with Crippen molar-refractivity contribution in [1.82, 2.24) is 4.98 Å². The summed E-state index contributed by atoms with van der Waals surface area (Å²) >= 11 is 0. The molecule has 0 atom stereocenters. The molecule has 0 aliphatic carbocycles. The predicted molar refractivity (Wildman–Crippen MR) is 57.1 cm³/mol. The summed E-state index contributed by atoms with van der Waals surface area (Å²) in [6, 6.07) is 11.4. The van der Waals surface area contributed by atoms with Crippen LogP contribution >= 0.6 is 0 Å². The Labute approximate surface area is 87.2 Å². The van der Waals surface area contributed by atoms with Crippen LogP contribution in [0.5, 0.6) is 5.75 Å². The van der Waals surface area contributed by atoms with Crippen molar-refractivity contribution in [3.05, 3.63) is 48.9 Å². The van der Waals surface area contributed by atoms with Crippen LogP contribution in [-0.2, 0) is 0 Å². The van der Waals surface area contributed by atoms with Crippen LogP contribution in [0.25, 0.3) is 10.9 Å². The molecule has 0 aliphatic rings. The van der Waals surface area contributed by atoms with Gasteiger partial charge in [-0.3, -0.25) is 4.98 Å². The maximum Gasteiger partial charge on any atom is 0.152 e. The lowest BCUT2D eigenvalue weighted by Gasteiger charge is -2.02. The first-order valence-corrected chi connectivity index (χ1v) is 4.47. The molecule has 0 amide bonds. The molecule has 15 heavy (non-hydrogen) atoms. The lowest BCUT2D eigenvalue weighted by Crippen LogP contribution is -1.85. The lowest BCUT2D eigenvalue weighted by atomic mass is 10.2. The van der Waals surface area contributed by atoms with Crippen LogP contribution in [-0.4, -0.2) is 4.98 Å². The van der Waals surface area contributed by atoms with Crippen LogP contribution in [0.4, 0.5) is 0 Å². The van der Waals surface area contributed by atoms with E-state index in [0.29, 0.717) is 5.75 Å². The van der Waals surface area contributed by atoms with E-state index in [9.17, 15) is 0 Å². The number of allylic oxidation sites excluding steroid dienone is 1. The summed E-state index contributed by atoms with van der Waals surface area (Å²) < 4.78 is 5.29. The second-order valence-electron chi connectivity index (χ2n) is 2.88. The van der Waals surface area contributed by atoms with E-state index in [-0.39, 0.29) is 0 Å². The number of hydrogen-bond donors (Lipinski definition) is 0. The van der Waals surface area contributed by atoms with Crippen molar-refractivity contribution < 1.29 is 4.74 Å². The molecular weight excluding hydrogens is 188 g/mol. The number of pyridine rings is 1. The highest BCUT2D eigenvalue weighted by atomic mass is 16.5. The maximum absolute atomic E-state index is 8.33. The molecule has 2 rings (SSSR count). The van der Waals surface area contributed by atoms with Crippen LogP contribution in [0.2, 0.25) is 0 Å². The van der Waals surface area contributed by atoms with Crippen molar-refractivity contribution in [2.24, 2.45) is 0 Å². The van der Waals surface area contributed by atoms with Gasteiger partial charge in [-0.05, 0) is 12.1 Å². The molecule has 1 aromatic carbocycles. The summed E-state index contributed by atoms with van der Waals surface area (Å²) in [4.78, 5) is 4.22. The topological polar surface area (TPSA) is 45.9 Å². The lowest BCUT2D eigenvalue weighted by molar-refractivity contribution is 0.486. The van der Waals surface area contributed by atoms with E-state index in [0.717, 1.165) is 10.9 Å². The number of para-hydroxylation sites is 1. The Bertz CT molecular complexity index is 535. The van der Waals surface area contributed by atoms with Gasteiger partial charge in [0.25, 0.3) is 0 Å². The third-order valence-electron chi connectivity index (χ3n) is 1.93. The molecule has 0 aliphatic heterocycles. The summed E-state index contributed by atoms with van der Waals surface area (Å²) in [5.41, 5.74) is 0.794. The quantitative estimate of drug-likeness (QED) is 0.548. The Kier molecular flexibility index (Phi) is 2.61. The molecule has 0 unspecified atom stereocenters. The minimum Gasteiger partial charge on any atom is -0.462 e. The van der Waals surface area contributed by atoms with E-state index in [4.69, 9.17) is 10.00 Å². The average Bonchev–Trinajstić information content (AvgIpc) is 2.30. The number of rotatable bonds is 2. The van der Waals surface area contributed by atoms with Gasteiger partial charge in [0.1, 0.15) is 11.8 Å². The molecule has 0 spiro atoms. The summed E-state index contributed by atoms with van der Waals surface area (Å²) in [6.45, 7) is 0. The van der Waals surface area contributed by atoms with Crippen LogP contribution in [0.1, 0.15) is 0 Å². The molecule has 0 radical (unpaired) electrons. The van der Waals surface area contributed by atoms with E-state index < -0.39 is 0 Å². The number of aromatic nitrogens is 1. The van der Waals surface area contributed by atoms with E-state index in [2.05, 4.69) is 4.98 Å². The summed E-state index contributed by atoms with van der Waals surface area (Å²) in [5, 5.41) is 9.34.